The molecule has 2 nitrogen and oxygen atoms in total. The average Bonchev–Trinajstić information content (AvgIpc) is 2.86. The minimum atomic E-state index is 0.495. The van der Waals surface area contributed by atoms with E-state index in [-0.39, 0.29) is 0 Å². The summed E-state index contributed by atoms with van der Waals surface area (Å²) in [6.45, 7) is 2.50. The number of fused-ring (bicyclic) bond motifs is 1. The molecule has 0 radical (unpaired) electrons. The molecule has 2 heteroatoms. The Morgan fingerprint density at radius 2 is 1.93 bits per heavy atom. The quantitative estimate of drug-likeness (QED) is 0.754. The van der Waals surface area contributed by atoms with Gasteiger partial charge in [0.15, 0.2) is 0 Å². The molecule has 3 rings (SSSR count). The number of aromatic hydroxyl groups is 1. The van der Waals surface area contributed by atoms with Gasteiger partial charge in [-0.2, -0.15) is 0 Å². The Bertz CT molecular complexity index is 369. The van der Waals surface area contributed by atoms with Crippen LogP contribution >= 0.6 is 0 Å². The van der Waals surface area contributed by atoms with Gasteiger partial charge in [-0.1, -0.05) is 12.1 Å². The zero-order chi connectivity index (χ0) is 10.3. The summed E-state index contributed by atoms with van der Waals surface area (Å²) in [5, 5.41) is 9.77. The molecule has 15 heavy (non-hydrogen) atoms. The van der Waals surface area contributed by atoms with Gasteiger partial charge in [0.05, 0.1) is 0 Å². The summed E-state index contributed by atoms with van der Waals surface area (Å²) in [4.78, 5) is 2.58. The van der Waals surface area contributed by atoms with E-state index in [2.05, 4.69) is 11.0 Å². The lowest BCUT2D eigenvalue weighted by atomic mass is 10.1. The zero-order valence-electron chi connectivity index (χ0n) is 8.95. The van der Waals surface area contributed by atoms with Gasteiger partial charge < -0.3 is 5.11 Å². The van der Waals surface area contributed by atoms with Crippen LogP contribution in [0, 0.1) is 0 Å². The molecule has 1 aliphatic heterocycles. The van der Waals surface area contributed by atoms with Gasteiger partial charge in [0.25, 0.3) is 0 Å². The van der Waals surface area contributed by atoms with E-state index in [0.29, 0.717) is 11.8 Å². The molecule has 0 spiro atoms. The lowest BCUT2D eigenvalue weighted by Crippen LogP contribution is -2.33. The van der Waals surface area contributed by atoms with E-state index in [9.17, 15) is 5.11 Å². The zero-order valence-corrected chi connectivity index (χ0v) is 8.95. The number of hydrogen-bond acceptors (Lipinski definition) is 2. The summed E-state index contributed by atoms with van der Waals surface area (Å²) < 4.78 is 0. The van der Waals surface area contributed by atoms with Crippen LogP contribution in [0.4, 0.5) is 0 Å². The molecule has 80 valence electrons. The smallest absolute Gasteiger partial charge is 0.119 e. The Balaban J connectivity index is 1.82. The molecule has 0 saturated carbocycles. The van der Waals surface area contributed by atoms with Crippen LogP contribution in [0.2, 0.25) is 0 Å². The largest absolute Gasteiger partial charge is 0.508 e. The van der Waals surface area contributed by atoms with Crippen LogP contribution in [0.3, 0.4) is 0 Å². The number of nitrogens with zero attached hydrogens (tertiary/aromatic N) is 1. The fraction of sp³-hybridized carbons (Fsp3) is 0.538. The van der Waals surface area contributed by atoms with Crippen molar-refractivity contribution in [1.29, 1.82) is 0 Å². The number of likely N-dealkylation sites (tertiary alicyclic amines) is 1. The summed E-state index contributed by atoms with van der Waals surface area (Å²) in [7, 11) is 0. The third-order valence-corrected chi connectivity index (χ3v) is 3.80. The maximum atomic E-state index is 9.77. The average molecular weight is 203 g/mol. The second-order valence-corrected chi connectivity index (χ2v) is 4.72. The molecule has 1 unspecified atom stereocenters. The lowest BCUT2D eigenvalue weighted by molar-refractivity contribution is 0.249. The Kier molecular flexibility index (Phi) is 2.17. The molecule has 1 heterocycles. The molecule has 1 N–H and O–H groups in total. The summed E-state index contributed by atoms with van der Waals surface area (Å²) in [6.07, 6.45) is 4.86. The summed E-state index contributed by atoms with van der Waals surface area (Å²) in [5.41, 5.74) is 2.54. The van der Waals surface area contributed by atoms with Crippen LogP contribution in [-0.4, -0.2) is 29.1 Å². The fourth-order valence-electron chi connectivity index (χ4n) is 2.97. The van der Waals surface area contributed by atoms with Gasteiger partial charge in [0, 0.05) is 6.04 Å². The highest BCUT2D eigenvalue weighted by Gasteiger charge is 2.29. The van der Waals surface area contributed by atoms with Crippen molar-refractivity contribution in [1.82, 2.24) is 4.90 Å². The SMILES string of the molecule is Oc1cccc2c1CC(N1CCCC1)C2. The van der Waals surface area contributed by atoms with Gasteiger partial charge >= 0.3 is 0 Å². The molecule has 1 aromatic carbocycles. The molecule has 1 atom stereocenters. The van der Waals surface area contributed by atoms with Crippen molar-refractivity contribution in [3.05, 3.63) is 29.3 Å². The van der Waals surface area contributed by atoms with Gasteiger partial charge in [0.1, 0.15) is 5.75 Å². The Labute approximate surface area is 90.5 Å². The molecule has 0 amide bonds. The molecule has 0 aromatic heterocycles. The third-order valence-electron chi connectivity index (χ3n) is 3.80. The fourth-order valence-corrected chi connectivity index (χ4v) is 2.97. The van der Waals surface area contributed by atoms with Crippen molar-refractivity contribution in [2.45, 2.75) is 31.7 Å². The number of benzene rings is 1. The van der Waals surface area contributed by atoms with Crippen LogP contribution in [0.1, 0.15) is 24.0 Å². The Hall–Kier alpha value is -1.02. The summed E-state index contributed by atoms with van der Waals surface area (Å²) in [5.74, 6) is 0.495. The first-order valence-electron chi connectivity index (χ1n) is 5.88. The predicted octanol–water partition coefficient (Wildman–Crippen LogP) is 1.96. The first-order chi connectivity index (χ1) is 7.34. The standard InChI is InChI=1S/C13H17NO/c15-13-5-3-4-10-8-11(9-12(10)13)14-6-1-2-7-14/h3-5,11,15H,1-2,6-9H2. The molecule has 0 bridgehead atoms. The van der Waals surface area contributed by atoms with Crippen LogP contribution in [-0.2, 0) is 12.8 Å². The van der Waals surface area contributed by atoms with Crippen molar-refractivity contribution < 1.29 is 5.11 Å². The Morgan fingerprint density at radius 1 is 1.13 bits per heavy atom. The monoisotopic (exact) mass is 203 g/mol. The topological polar surface area (TPSA) is 23.5 Å². The maximum absolute atomic E-state index is 9.77. The van der Waals surface area contributed by atoms with E-state index in [1.165, 1.54) is 37.1 Å². The minimum Gasteiger partial charge on any atom is -0.508 e. The second-order valence-electron chi connectivity index (χ2n) is 4.72. The minimum absolute atomic E-state index is 0.495. The Morgan fingerprint density at radius 3 is 2.67 bits per heavy atom. The van der Waals surface area contributed by atoms with Gasteiger partial charge in [-0.25, -0.2) is 0 Å². The maximum Gasteiger partial charge on any atom is 0.119 e. The highest BCUT2D eigenvalue weighted by Crippen LogP contribution is 2.32. The number of phenols is 1. The van der Waals surface area contributed by atoms with Crippen LogP contribution in [0.25, 0.3) is 0 Å². The highest BCUT2D eigenvalue weighted by molar-refractivity contribution is 5.43. The van der Waals surface area contributed by atoms with E-state index >= 15 is 0 Å². The summed E-state index contributed by atoms with van der Waals surface area (Å²) in [6, 6.07) is 6.58. The normalized spacial score (nSPS) is 25.7. The van der Waals surface area contributed by atoms with Crippen molar-refractivity contribution in [2.24, 2.45) is 0 Å². The van der Waals surface area contributed by atoms with Crippen molar-refractivity contribution in [3.63, 3.8) is 0 Å². The van der Waals surface area contributed by atoms with Gasteiger partial charge in [0.2, 0.25) is 0 Å². The van der Waals surface area contributed by atoms with Crippen molar-refractivity contribution in [2.75, 3.05) is 13.1 Å². The van der Waals surface area contributed by atoms with E-state index in [1.807, 2.05) is 12.1 Å². The second kappa shape index (κ2) is 3.53. The summed E-state index contributed by atoms with van der Waals surface area (Å²) >= 11 is 0. The number of phenolic OH excluding ortho intramolecular Hbond substituents is 1. The molecular weight excluding hydrogens is 186 g/mol. The predicted molar refractivity (Wildman–Crippen MR) is 60.1 cm³/mol. The van der Waals surface area contributed by atoms with E-state index in [4.69, 9.17) is 0 Å². The van der Waals surface area contributed by atoms with Crippen molar-refractivity contribution >= 4 is 0 Å². The first-order valence-corrected chi connectivity index (χ1v) is 5.88. The molecular formula is C13H17NO. The van der Waals surface area contributed by atoms with Gasteiger partial charge in [-0.05, 0) is 56.0 Å². The van der Waals surface area contributed by atoms with E-state index < -0.39 is 0 Å². The number of hydrogen-bond donors (Lipinski definition) is 1. The molecule has 1 aromatic rings. The number of rotatable bonds is 1. The molecule has 2 aliphatic rings. The van der Waals surface area contributed by atoms with E-state index in [1.54, 1.807) is 0 Å². The van der Waals surface area contributed by atoms with Crippen LogP contribution in [0.15, 0.2) is 18.2 Å². The van der Waals surface area contributed by atoms with Crippen LogP contribution in [0.5, 0.6) is 5.75 Å². The highest BCUT2D eigenvalue weighted by atomic mass is 16.3. The molecule has 1 aliphatic carbocycles. The lowest BCUT2D eigenvalue weighted by Gasteiger charge is -2.22. The van der Waals surface area contributed by atoms with Gasteiger partial charge in [-0.15, -0.1) is 0 Å². The van der Waals surface area contributed by atoms with E-state index in [0.717, 1.165) is 12.8 Å². The van der Waals surface area contributed by atoms with Crippen molar-refractivity contribution in [3.8, 4) is 5.75 Å². The van der Waals surface area contributed by atoms with Gasteiger partial charge in [-0.3, -0.25) is 4.90 Å². The molecule has 1 fully saturated rings. The first kappa shape index (κ1) is 9.22. The van der Waals surface area contributed by atoms with Crippen LogP contribution < -0.4 is 0 Å². The molecule has 1 saturated heterocycles. The third kappa shape index (κ3) is 1.53.